The molecule has 0 spiro atoms. The van der Waals surface area contributed by atoms with Gasteiger partial charge in [-0.3, -0.25) is 5.32 Å². The first-order valence-electron chi connectivity index (χ1n) is 3.43. The molecule has 0 bridgehead atoms. The Morgan fingerprint density at radius 3 is 2.80 bits per heavy atom. The van der Waals surface area contributed by atoms with E-state index in [0.717, 1.165) is 13.0 Å². The first-order valence-corrected chi connectivity index (χ1v) is 3.43. The van der Waals surface area contributed by atoms with Gasteiger partial charge in [0, 0.05) is 0 Å². The maximum atomic E-state index is 9.28. The molecular weight excluding hydrogens is 128 g/mol. The molecule has 0 aliphatic carbocycles. The summed E-state index contributed by atoms with van der Waals surface area (Å²) in [6.07, 6.45) is 2.33. The lowest BCUT2D eigenvalue weighted by Crippen LogP contribution is -2.40. The van der Waals surface area contributed by atoms with Crippen LogP contribution in [0.15, 0.2) is 12.7 Å². The Labute approximate surface area is 61.9 Å². The minimum absolute atomic E-state index is 0.639. The van der Waals surface area contributed by atoms with Crippen LogP contribution >= 0.6 is 0 Å². The van der Waals surface area contributed by atoms with Crippen LogP contribution in [0.2, 0.25) is 0 Å². The van der Waals surface area contributed by atoms with Gasteiger partial charge in [0.2, 0.25) is 0 Å². The van der Waals surface area contributed by atoms with Crippen LogP contribution in [0, 0.1) is 0 Å². The number of nitrogens with one attached hydrogen (secondary N) is 1. The minimum atomic E-state index is -0.949. The summed E-state index contributed by atoms with van der Waals surface area (Å²) in [7, 11) is 0. The summed E-state index contributed by atoms with van der Waals surface area (Å²) in [5, 5.41) is 12.1. The summed E-state index contributed by atoms with van der Waals surface area (Å²) in [6.45, 7) is 6.47. The first kappa shape index (κ1) is 9.62. The van der Waals surface area contributed by atoms with Crippen LogP contribution in [0.5, 0.6) is 0 Å². The van der Waals surface area contributed by atoms with Gasteiger partial charge in [-0.2, -0.15) is 0 Å². The van der Waals surface area contributed by atoms with E-state index in [1.54, 1.807) is 6.92 Å². The lowest BCUT2D eigenvalue weighted by molar-refractivity contribution is 0.0746. The summed E-state index contributed by atoms with van der Waals surface area (Å²) < 4.78 is 0. The second-order valence-electron chi connectivity index (χ2n) is 2.42. The lowest BCUT2D eigenvalue weighted by atomic mass is 10.2. The van der Waals surface area contributed by atoms with Crippen molar-refractivity contribution in [2.75, 3.05) is 13.1 Å². The SMILES string of the molecule is C=CC(C)(O)NCCCN. The Morgan fingerprint density at radius 1 is 1.80 bits per heavy atom. The molecule has 0 rings (SSSR count). The smallest absolute Gasteiger partial charge is 0.132 e. The third-order valence-electron chi connectivity index (χ3n) is 1.26. The standard InChI is InChI=1S/C7H16N2O/c1-3-7(2,10)9-6-4-5-8/h3,9-10H,1,4-6,8H2,2H3. The van der Waals surface area contributed by atoms with Crippen molar-refractivity contribution in [1.29, 1.82) is 0 Å². The fraction of sp³-hybridized carbons (Fsp3) is 0.714. The number of hydrogen-bond acceptors (Lipinski definition) is 3. The van der Waals surface area contributed by atoms with E-state index in [-0.39, 0.29) is 0 Å². The van der Waals surface area contributed by atoms with Crippen molar-refractivity contribution in [3.63, 3.8) is 0 Å². The fourth-order valence-corrected chi connectivity index (χ4v) is 0.516. The van der Waals surface area contributed by atoms with Gasteiger partial charge in [-0.05, 0) is 32.5 Å². The molecule has 1 unspecified atom stereocenters. The molecule has 10 heavy (non-hydrogen) atoms. The van der Waals surface area contributed by atoms with Gasteiger partial charge in [-0.15, -0.1) is 0 Å². The van der Waals surface area contributed by atoms with E-state index in [4.69, 9.17) is 5.73 Å². The molecule has 4 N–H and O–H groups in total. The summed E-state index contributed by atoms with van der Waals surface area (Å²) in [5.74, 6) is 0. The molecule has 1 atom stereocenters. The summed E-state index contributed by atoms with van der Waals surface area (Å²) in [6, 6.07) is 0. The van der Waals surface area contributed by atoms with Gasteiger partial charge < -0.3 is 10.8 Å². The Morgan fingerprint density at radius 2 is 2.40 bits per heavy atom. The Bertz CT molecular complexity index is 102. The summed E-state index contributed by atoms with van der Waals surface area (Å²) >= 11 is 0. The van der Waals surface area contributed by atoms with Gasteiger partial charge in [-0.1, -0.05) is 6.58 Å². The maximum absolute atomic E-state index is 9.28. The number of nitrogens with two attached hydrogens (primary N) is 1. The molecule has 0 amide bonds. The van der Waals surface area contributed by atoms with E-state index in [1.807, 2.05) is 0 Å². The molecule has 0 heterocycles. The molecule has 0 saturated heterocycles. The van der Waals surface area contributed by atoms with E-state index in [9.17, 15) is 5.11 Å². The molecule has 0 aliphatic heterocycles. The highest BCUT2D eigenvalue weighted by Crippen LogP contribution is 1.96. The molecule has 60 valence electrons. The van der Waals surface area contributed by atoms with E-state index >= 15 is 0 Å². The van der Waals surface area contributed by atoms with Crippen molar-refractivity contribution in [3.05, 3.63) is 12.7 Å². The molecule has 0 aromatic rings. The molecule has 3 heteroatoms. The predicted octanol–water partition coefficient (Wildman–Crippen LogP) is -0.181. The highest BCUT2D eigenvalue weighted by atomic mass is 16.3. The molecular formula is C7H16N2O. The van der Waals surface area contributed by atoms with Crippen LogP contribution in [0.4, 0.5) is 0 Å². The highest BCUT2D eigenvalue weighted by molar-refractivity contribution is 4.88. The van der Waals surface area contributed by atoms with Gasteiger partial charge in [-0.25, -0.2) is 0 Å². The van der Waals surface area contributed by atoms with Crippen molar-refractivity contribution in [2.45, 2.75) is 19.1 Å². The molecule has 0 aromatic heterocycles. The monoisotopic (exact) mass is 144 g/mol. The van der Waals surface area contributed by atoms with Gasteiger partial charge in [0.25, 0.3) is 0 Å². The Kier molecular flexibility index (Phi) is 4.27. The quantitative estimate of drug-likeness (QED) is 0.285. The third-order valence-corrected chi connectivity index (χ3v) is 1.26. The molecule has 0 fully saturated rings. The predicted molar refractivity (Wildman–Crippen MR) is 42.5 cm³/mol. The highest BCUT2D eigenvalue weighted by Gasteiger charge is 2.11. The Hall–Kier alpha value is -0.380. The van der Waals surface area contributed by atoms with Crippen LogP contribution in [0.1, 0.15) is 13.3 Å². The van der Waals surface area contributed by atoms with Crippen molar-refractivity contribution in [1.82, 2.24) is 5.32 Å². The summed E-state index contributed by atoms with van der Waals surface area (Å²) in [5.41, 5.74) is 4.30. The molecule has 0 saturated carbocycles. The zero-order valence-corrected chi connectivity index (χ0v) is 6.43. The topological polar surface area (TPSA) is 58.3 Å². The van der Waals surface area contributed by atoms with Crippen molar-refractivity contribution >= 4 is 0 Å². The number of aliphatic hydroxyl groups is 1. The Balaban J connectivity index is 3.37. The lowest BCUT2D eigenvalue weighted by Gasteiger charge is -2.19. The normalized spacial score (nSPS) is 16.3. The molecule has 0 radical (unpaired) electrons. The zero-order chi connectivity index (χ0) is 8.04. The van der Waals surface area contributed by atoms with Gasteiger partial charge in [0.05, 0.1) is 0 Å². The second kappa shape index (κ2) is 4.44. The fourth-order valence-electron chi connectivity index (χ4n) is 0.516. The van der Waals surface area contributed by atoms with E-state index < -0.39 is 5.72 Å². The van der Waals surface area contributed by atoms with Crippen molar-refractivity contribution in [2.24, 2.45) is 5.73 Å². The maximum Gasteiger partial charge on any atom is 0.132 e. The van der Waals surface area contributed by atoms with Gasteiger partial charge in [0.1, 0.15) is 5.72 Å². The molecule has 3 nitrogen and oxygen atoms in total. The van der Waals surface area contributed by atoms with Crippen LogP contribution in [0.25, 0.3) is 0 Å². The van der Waals surface area contributed by atoms with Gasteiger partial charge >= 0.3 is 0 Å². The second-order valence-corrected chi connectivity index (χ2v) is 2.42. The average molecular weight is 144 g/mol. The van der Waals surface area contributed by atoms with E-state index in [2.05, 4.69) is 11.9 Å². The zero-order valence-electron chi connectivity index (χ0n) is 6.43. The van der Waals surface area contributed by atoms with Gasteiger partial charge in [0.15, 0.2) is 0 Å². The summed E-state index contributed by atoms with van der Waals surface area (Å²) in [4.78, 5) is 0. The number of rotatable bonds is 5. The van der Waals surface area contributed by atoms with Crippen LogP contribution < -0.4 is 11.1 Å². The largest absolute Gasteiger partial charge is 0.373 e. The third kappa shape index (κ3) is 4.49. The van der Waals surface area contributed by atoms with Crippen molar-refractivity contribution < 1.29 is 5.11 Å². The van der Waals surface area contributed by atoms with Crippen LogP contribution in [-0.4, -0.2) is 23.9 Å². The first-order chi connectivity index (χ1) is 4.62. The van der Waals surface area contributed by atoms with Crippen molar-refractivity contribution in [3.8, 4) is 0 Å². The van der Waals surface area contributed by atoms with E-state index in [0.29, 0.717) is 6.54 Å². The average Bonchev–Trinajstić information content (AvgIpc) is 1.89. The van der Waals surface area contributed by atoms with Crippen LogP contribution in [-0.2, 0) is 0 Å². The molecule has 0 aromatic carbocycles. The minimum Gasteiger partial charge on any atom is -0.373 e. The van der Waals surface area contributed by atoms with E-state index in [1.165, 1.54) is 6.08 Å². The number of hydrogen-bond donors (Lipinski definition) is 3. The van der Waals surface area contributed by atoms with Crippen LogP contribution in [0.3, 0.4) is 0 Å². The molecule has 0 aliphatic rings.